The zero-order valence-corrected chi connectivity index (χ0v) is 14.6. The van der Waals surface area contributed by atoms with Crippen molar-refractivity contribution in [2.24, 2.45) is 0 Å². The Morgan fingerprint density at radius 2 is 2.04 bits per heavy atom. The number of nitrogens with one attached hydrogen (secondary N) is 1. The zero-order valence-electron chi connectivity index (χ0n) is 13.1. The predicted molar refractivity (Wildman–Crippen MR) is 92.0 cm³/mol. The second-order valence-corrected chi connectivity index (χ2v) is 7.33. The molecule has 3 rings (SSSR count). The second-order valence-electron chi connectivity index (χ2n) is 5.46. The minimum Gasteiger partial charge on any atom is -0.489 e. The van der Waals surface area contributed by atoms with Crippen LogP contribution >= 0.6 is 22.9 Å². The first-order chi connectivity index (χ1) is 11.0. The van der Waals surface area contributed by atoms with Gasteiger partial charge in [0, 0.05) is 22.7 Å². The largest absolute Gasteiger partial charge is 0.489 e. The van der Waals surface area contributed by atoms with Gasteiger partial charge in [-0.2, -0.15) is 0 Å². The highest BCUT2D eigenvalue weighted by Crippen LogP contribution is 2.38. The van der Waals surface area contributed by atoms with E-state index in [1.54, 1.807) is 17.4 Å². The van der Waals surface area contributed by atoms with Gasteiger partial charge in [-0.1, -0.05) is 11.6 Å². The first kappa shape index (κ1) is 16.1. The number of thiophene rings is 1. The van der Waals surface area contributed by atoms with Gasteiger partial charge in [0.05, 0.1) is 23.8 Å². The Morgan fingerprint density at radius 3 is 2.78 bits per heavy atom. The molecule has 4 nitrogen and oxygen atoms in total. The van der Waals surface area contributed by atoms with Gasteiger partial charge in [-0.25, -0.2) is 0 Å². The van der Waals surface area contributed by atoms with Crippen LogP contribution in [0.1, 0.15) is 32.1 Å². The summed E-state index contributed by atoms with van der Waals surface area (Å²) >= 11 is 7.89. The van der Waals surface area contributed by atoms with Crippen LogP contribution in [0.5, 0.6) is 11.5 Å². The van der Waals surface area contributed by atoms with Crippen LogP contribution in [0, 0.1) is 13.8 Å². The predicted octanol–water partition coefficient (Wildman–Crippen LogP) is 4.11. The molecule has 122 valence electrons. The first-order valence-electron chi connectivity index (χ1n) is 7.48. The standard InChI is InChI=1S/C17H18ClNO3S/c1-10-6-13(11(2)23-10)17(20)19-9-12-7-14(18)16-15(8-12)21-4-3-5-22-16/h6-8H,3-5,9H2,1-2H3,(H,19,20). The highest BCUT2D eigenvalue weighted by molar-refractivity contribution is 7.12. The third-order valence-electron chi connectivity index (χ3n) is 3.60. The van der Waals surface area contributed by atoms with Gasteiger partial charge in [0.1, 0.15) is 0 Å². The Balaban J connectivity index is 1.73. The van der Waals surface area contributed by atoms with E-state index in [1.807, 2.05) is 26.0 Å². The molecule has 0 bridgehead atoms. The van der Waals surface area contributed by atoms with E-state index in [1.165, 1.54) is 0 Å². The molecule has 23 heavy (non-hydrogen) atoms. The molecule has 0 radical (unpaired) electrons. The summed E-state index contributed by atoms with van der Waals surface area (Å²) in [4.78, 5) is 14.4. The third-order valence-corrected chi connectivity index (χ3v) is 4.85. The fourth-order valence-corrected chi connectivity index (χ4v) is 3.73. The summed E-state index contributed by atoms with van der Waals surface area (Å²) in [6.45, 7) is 5.55. The lowest BCUT2D eigenvalue weighted by Gasteiger charge is -2.12. The number of fused-ring (bicyclic) bond motifs is 1. The number of carbonyl (C=O) groups excluding carboxylic acids is 1. The van der Waals surface area contributed by atoms with Crippen LogP contribution in [0.15, 0.2) is 18.2 Å². The summed E-state index contributed by atoms with van der Waals surface area (Å²) in [5.74, 6) is 1.15. The van der Waals surface area contributed by atoms with Crippen molar-refractivity contribution in [3.05, 3.63) is 44.1 Å². The Labute approximate surface area is 144 Å². The number of rotatable bonds is 3. The van der Waals surface area contributed by atoms with E-state index in [2.05, 4.69) is 5.32 Å². The van der Waals surface area contributed by atoms with Crippen molar-refractivity contribution in [3.63, 3.8) is 0 Å². The topological polar surface area (TPSA) is 47.6 Å². The highest BCUT2D eigenvalue weighted by Gasteiger charge is 2.16. The van der Waals surface area contributed by atoms with Gasteiger partial charge in [0.15, 0.2) is 11.5 Å². The Morgan fingerprint density at radius 1 is 1.26 bits per heavy atom. The maximum absolute atomic E-state index is 12.3. The van der Waals surface area contributed by atoms with E-state index in [0.717, 1.165) is 27.3 Å². The first-order valence-corrected chi connectivity index (χ1v) is 8.67. The number of benzene rings is 1. The van der Waals surface area contributed by atoms with Gasteiger partial charge < -0.3 is 14.8 Å². The molecule has 0 saturated carbocycles. The molecule has 1 aromatic carbocycles. The molecule has 1 aliphatic rings. The summed E-state index contributed by atoms with van der Waals surface area (Å²) in [5.41, 5.74) is 1.62. The van der Waals surface area contributed by atoms with Crippen molar-refractivity contribution < 1.29 is 14.3 Å². The fraction of sp³-hybridized carbons (Fsp3) is 0.353. The molecule has 0 fully saturated rings. The fourth-order valence-electron chi connectivity index (χ4n) is 2.52. The lowest BCUT2D eigenvalue weighted by atomic mass is 10.2. The molecule has 2 heterocycles. The number of amides is 1. The average molecular weight is 352 g/mol. The highest BCUT2D eigenvalue weighted by atomic mass is 35.5. The molecular formula is C17H18ClNO3S. The summed E-state index contributed by atoms with van der Waals surface area (Å²) in [7, 11) is 0. The Kier molecular flexibility index (Phi) is 4.78. The number of halogens is 1. The molecule has 1 N–H and O–H groups in total. The Bertz CT molecular complexity index is 742. The van der Waals surface area contributed by atoms with Crippen LogP contribution < -0.4 is 14.8 Å². The van der Waals surface area contributed by atoms with Gasteiger partial charge in [-0.15, -0.1) is 11.3 Å². The maximum Gasteiger partial charge on any atom is 0.252 e. The number of hydrogen-bond acceptors (Lipinski definition) is 4. The minimum absolute atomic E-state index is 0.0740. The van der Waals surface area contributed by atoms with Crippen molar-refractivity contribution in [2.45, 2.75) is 26.8 Å². The number of carbonyl (C=O) groups is 1. The lowest BCUT2D eigenvalue weighted by molar-refractivity contribution is 0.0950. The van der Waals surface area contributed by atoms with Crippen LogP contribution in [0.4, 0.5) is 0 Å². The van der Waals surface area contributed by atoms with Crippen LogP contribution in [-0.4, -0.2) is 19.1 Å². The lowest BCUT2D eigenvalue weighted by Crippen LogP contribution is -2.23. The van der Waals surface area contributed by atoms with Crippen molar-refractivity contribution in [2.75, 3.05) is 13.2 Å². The molecule has 0 aliphatic carbocycles. The van der Waals surface area contributed by atoms with Crippen molar-refractivity contribution >= 4 is 28.8 Å². The number of hydrogen-bond donors (Lipinski definition) is 1. The SMILES string of the molecule is Cc1cc(C(=O)NCc2cc(Cl)c3c(c2)OCCCO3)c(C)s1. The molecule has 6 heteroatoms. The van der Waals surface area contributed by atoms with Crippen molar-refractivity contribution in [1.82, 2.24) is 5.32 Å². The smallest absolute Gasteiger partial charge is 0.252 e. The van der Waals surface area contributed by atoms with Crippen LogP contribution in [0.25, 0.3) is 0 Å². The van der Waals surface area contributed by atoms with Gasteiger partial charge >= 0.3 is 0 Å². The average Bonchev–Trinajstić information content (AvgIpc) is 2.72. The van der Waals surface area contributed by atoms with Crippen LogP contribution in [-0.2, 0) is 6.54 Å². The summed E-state index contributed by atoms with van der Waals surface area (Å²) < 4.78 is 11.3. The summed E-state index contributed by atoms with van der Waals surface area (Å²) in [6.07, 6.45) is 0.827. The second kappa shape index (κ2) is 6.81. The molecule has 1 aromatic heterocycles. The van der Waals surface area contributed by atoms with E-state index in [0.29, 0.717) is 36.3 Å². The van der Waals surface area contributed by atoms with Crippen molar-refractivity contribution in [3.8, 4) is 11.5 Å². The molecule has 2 aromatic rings. The monoisotopic (exact) mass is 351 g/mol. The van der Waals surface area contributed by atoms with Crippen LogP contribution in [0.2, 0.25) is 5.02 Å². The number of ether oxygens (including phenoxy) is 2. The van der Waals surface area contributed by atoms with E-state index in [9.17, 15) is 4.79 Å². The van der Waals surface area contributed by atoms with Gasteiger partial charge in [0.2, 0.25) is 0 Å². The van der Waals surface area contributed by atoms with E-state index < -0.39 is 0 Å². The molecule has 1 aliphatic heterocycles. The molecular weight excluding hydrogens is 334 g/mol. The van der Waals surface area contributed by atoms with Gasteiger partial charge in [0.25, 0.3) is 5.91 Å². The van der Waals surface area contributed by atoms with Crippen LogP contribution in [0.3, 0.4) is 0 Å². The van der Waals surface area contributed by atoms with Gasteiger partial charge in [-0.3, -0.25) is 4.79 Å². The van der Waals surface area contributed by atoms with E-state index >= 15 is 0 Å². The van der Waals surface area contributed by atoms with Gasteiger partial charge in [-0.05, 0) is 37.6 Å². The summed E-state index contributed by atoms with van der Waals surface area (Å²) in [5, 5.41) is 3.44. The minimum atomic E-state index is -0.0740. The molecule has 0 spiro atoms. The molecule has 0 atom stereocenters. The van der Waals surface area contributed by atoms with E-state index in [4.69, 9.17) is 21.1 Å². The quantitative estimate of drug-likeness (QED) is 0.905. The molecule has 0 unspecified atom stereocenters. The molecule has 0 saturated heterocycles. The van der Waals surface area contributed by atoms with E-state index in [-0.39, 0.29) is 5.91 Å². The normalized spacial score (nSPS) is 13.5. The van der Waals surface area contributed by atoms with Crippen molar-refractivity contribution in [1.29, 1.82) is 0 Å². The zero-order chi connectivity index (χ0) is 16.4. The number of aryl methyl sites for hydroxylation is 2. The molecule has 1 amide bonds. The maximum atomic E-state index is 12.3. The summed E-state index contributed by atoms with van der Waals surface area (Å²) in [6, 6.07) is 5.59. The third kappa shape index (κ3) is 3.62. The Hall–Kier alpha value is -1.72.